The van der Waals surface area contributed by atoms with Gasteiger partial charge in [0.2, 0.25) is 0 Å². The van der Waals surface area contributed by atoms with Crippen LogP contribution in [0.4, 0.5) is 4.79 Å². The topological polar surface area (TPSA) is 61.7 Å². The molecule has 86 valence electrons. The van der Waals surface area contributed by atoms with Gasteiger partial charge < -0.3 is 5.11 Å². The SMILES string of the molecule is CC(CCCc1ccccc1)=NNC(=O)O. The molecule has 0 atom stereocenters. The van der Waals surface area contributed by atoms with E-state index < -0.39 is 6.09 Å². The Hall–Kier alpha value is -1.84. The van der Waals surface area contributed by atoms with E-state index >= 15 is 0 Å². The number of hydrogen-bond acceptors (Lipinski definition) is 2. The quantitative estimate of drug-likeness (QED) is 0.592. The van der Waals surface area contributed by atoms with E-state index in [2.05, 4.69) is 17.2 Å². The lowest BCUT2D eigenvalue weighted by Gasteiger charge is -2.01. The van der Waals surface area contributed by atoms with Crippen molar-refractivity contribution in [2.75, 3.05) is 0 Å². The number of carboxylic acid groups (broad SMARTS) is 1. The van der Waals surface area contributed by atoms with Crippen LogP contribution >= 0.6 is 0 Å². The smallest absolute Gasteiger partial charge is 0.425 e. The van der Waals surface area contributed by atoms with Crippen LogP contribution in [-0.4, -0.2) is 16.9 Å². The summed E-state index contributed by atoms with van der Waals surface area (Å²) in [6.07, 6.45) is 1.64. The number of hydrogen-bond donors (Lipinski definition) is 2. The van der Waals surface area contributed by atoms with E-state index in [-0.39, 0.29) is 0 Å². The molecule has 0 saturated carbocycles. The second-order valence-corrected chi connectivity index (χ2v) is 3.60. The second kappa shape index (κ2) is 6.61. The molecule has 0 aromatic heterocycles. The Bertz CT molecular complexity index is 361. The fourth-order valence-corrected chi connectivity index (χ4v) is 1.39. The lowest BCUT2D eigenvalue weighted by Crippen LogP contribution is -2.15. The van der Waals surface area contributed by atoms with Gasteiger partial charge in [0.15, 0.2) is 0 Å². The average Bonchev–Trinajstić information content (AvgIpc) is 2.28. The van der Waals surface area contributed by atoms with Crippen LogP contribution in [0.5, 0.6) is 0 Å². The van der Waals surface area contributed by atoms with Crippen molar-refractivity contribution in [3.05, 3.63) is 35.9 Å². The Morgan fingerprint density at radius 2 is 2.06 bits per heavy atom. The normalized spacial score (nSPS) is 11.2. The largest absolute Gasteiger partial charge is 0.464 e. The third-order valence-corrected chi connectivity index (χ3v) is 2.19. The second-order valence-electron chi connectivity index (χ2n) is 3.60. The van der Waals surface area contributed by atoms with Crippen molar-refractivity contribution < 1.29 is 9.90 Å². The van der Waals surface area contributed by atoms with Crippen LogP contribution < -0.4 is 5.43 Å². The van der Waals surface area contributed by atoms with Crippen LogP contribution in [0.2, 0.25) is 0 Å². The predicted octanol–water partition coefficient (Wildman–Crippen LogP) is 2.65. The summed E-state index contributed by atoms with van der Waals surface area (Å²) in [5.41, 5.74) is 4.10. The van der Waals surface area contributed by atoms with Gasteiger partial charge in [0.05, 0.1) is 0 Å². The molecule has 0 unspecified atom stereocenters. The molecule has 4 nitrogen and oxygen atoms in total. The molecule has 0 saturated heterocycles. The average molecular weight is 220 g/mol. The fraction of sp³-hybridized carbons (Fsp3) is 0.333. The van der Waals surface area contributed by atoms with E-state index in [1.54, 1.807) is 0 Å². The van der Waals surface area contributed by atoms with Crippen LogP contribution in [0.15, 0.2) is 35.4 Å². The molecule has 16 heavy (non-hydrogen) atoms. The van der Waals surface area contributed by atoms with Gasteiger partial charge in [0.1, 0.15) is 0 Å². The van der Waals surface area contributed by atoms with Gasteiger partial charge in [-0.05, 0) is 31.7 Å². The molecular weight excluding hydrogens is 204 g/mol. The third kappa shape index (κ3) is 5.14. The van der Waals surface area contributed by atoms with Crippen LogP contribution in [0.3, 0.4) is 0 Å². The molecule has 0 aliphatic rings. The number of nitrogens with one attached hydrogen (secondary N) is 1. The molecule has 0 aliphatic carbocycles. The van der Waals surface area contributed by atoms with Gasteiger partial charge in [-0.2, -0.15) is 5.10 Å². The number of hydrazone groups is 1. The zero-order valence-electron chi connectivity index (χ0n) is 9.31. The summed E-state index contributed by atoms with van der Waals surface area (Å²) in [5.74, 6) is 0. The van der Waals surface area contributed by atoms with E-state index in [1.165, 1.54) is 5.56 Å². The molecule has 1 aromatic rings. The lowest BCUT2D eigenvalue weighted by molar-refractivity contribution is 0.195. The van der Waals surface area contributed by atoms with Gasteiger partial charge in [0.25, 0.3) is 0 Å². The zero-order valence-corrected chi connectivity index (χ0v) is 9.31. The van der Waals surface area contributed by atoms with Crippen molar-refractivity contribution in [3.63, 3.8) is 0 Å². The lowest BCUT2D eigenvalue weighted by atomic mass is 10.1. The number of benzene rings is 1. The van der Waals surface area contributed by atoms with Gasteiger partial charge in [0, 0.05) is 5.71 Å². The maximum absolute atomic E-state index is 10.2. The number of amides is 1. The van der Waals surface area contributed by atoms with E-state index in [4.69, 9.17) is 5.11 Å². The highest BCUT2D eigenvalue weighted by molar-refractivity contribution is 5.82. The van der Waals surface area contributed by atoms with E-state index in [0.717, 1.165) is 25.0 Å². The fourth-order valence-electron chi connectivity index (χ4n) is 1.39. The summed E-state index contributed by atoms with van der Waals surface area (Å²) in [7, 11) is 0. The Morgan fingerprint density at radius 1 is 1.38 bits per heavy atom. The first-order valence-corrected chi connectivity index (χ1v) is 5.24. The monoisotopic (exact) mass is 220 g/mol. The van der Waals surface area contributed by atoms with E-state index in [1.807, 2.05) is 30.5 Å². The predicted molar refractivity (Wildman–Crippen MR) is 63.6 cm³/mol. The van der Waals surface area contributed by atoms with Crippen molar-refractivity contribution in [1.29, 1.82) is 0 Å². The van der Waals surface area contributed by atoms with Crippen molar-refractivity contribution in [2.24, 2.45) is 5.10 Å². The summed E-state index contributed by atoms with van der Waals surface area (Å²) < 4.78 is 0. The minimum atomic E-state index is -1.12. The highest BCUT2D eigenvalue weighted by Gasteiger charge is 1.96. The van der Waals surface area contributed by atoms with E-state index in [9.17, 15) is 4.79 Å². The number of aryl methyl sites for hydroxylation is 1. The molecule has 4 heteroatoms. The number of rotatable bonds is 5. The Kier molecular flexibility index (Phi) is 5.05. The van der Waals surface area contributed by atoms with Crippen LogP contribution in [0.25, 0.3) is 0 Å². The van der Waals surface area contributed by atoms with Crippen molar-refractivity contribution in [2.45, 2.75) is 26.2 Å². The Balaban J connectivity index is 2.25. The van der Waals surface area contributed by atoms with Gasteiger partial charge in [-0.1, -0.05) is 30.3 Å². The molecule has 0 bridgehead atoms. The van der Waals surface area contributed by atoms with Crippen molar-refractivity contribution >= 4 is 11.8 Å². The summed E-state index contributed by atoms with van der Waals surface area (Å²) in [6, 6.07) is 10.2. The molecule has 0 fully saturated rings. The maximum atomic E-state index is 10.2. The van der Waals surface area contributed by atoms with Crippen molar-refractivity contribution in [3.8, 4) is 0 Å². The van der Waals surface area contributed by atoms with Crippen LogP contribution in [0, 0.1) is 0 Å². The first kappa shape index (κ1) is 12.2. The molecule has 0 aliphatic heterocycles. The number of nitrogens with zero attached hydrogens (tertiary/aromatic N) is 1. The molecule has 0 spiro atoms. The highest BCUT2D eigenvalue weighted by Crippen LogP contribution is 2.04. The van der Waals surface area contributed by atoms with E-state index in [0.29, 0.717) is 0 Å². The van der Waals surface area contributed by atoms with Crippen LogP contribution in [0.1, 0.15) is 25.3 Å². The first-order chi connectivity index (χ1) is 7.68. The molecule has 1 rings (SSSR count). The Labute approximate surface area is 95.0 Å². The highest BCUT2D eigenvalue weighted by atomic mass is 16.4. The summed E-state index contributed by atoms with van der Waals surface area (Å²) in [4.78, 5) is 10.2. The maximum Gasteiger partial charge on any atom is 0.425 e. The molecule has 2 N–H and O–H groups in total. The summed E-state index contributed by atoms with van der Waals surface area (Å²) >= 11 is 0. The minimum Gasteiger partial charge on any atom is -0.464 e. The zero-order chi connectivity index (χ0) is 11.8. The Morgan fingerprint density at radius 3 is 2.69 bits per heavy atom. The van der Waals surface area contributed by atoms with Crippen LogP contribution in [-0.2, 0) is 6.42 Å². The minimum absolute atomic E-state index is 0.801. The standard InChI is InChI=1S/C12H16N2O2/c1-10(13-14-12(15)16)6-5-9-11-7-3-2-4-8-11/h2-4,7-8,14H,5-6,9H2,1H3,(H,15,16). The van der Waals surface area contributed by atoms with Gasteiger partial charge in [-0.15, -0.1) is 0 Å². The molecule has 1 amide bonds. The first-order valence-electron chi connectivity index (χ1n) is 5.24. The number of carbonyl (C=O) groups is 1. The van der Waals surface area contributed by atoms with Gasteiger partial charge >= 0.3 is 6.09 Å². The molecule has 1 aromatic carbocycles. The summed E-state index contributed by atoms with van der Waals surface area (Å²) in [5, 5.41) is 12.1. The molecule has 0 heterocycles. The summed E-state index contributed by atoms with van der Waals surface area (Å²) in [6.45, 7) is 1.82. The molecular formula is C12H16N2O2. The third-order valence-electron chi connectivity index (χ3n) is 2.19. The van der Waals surface area contributed by atoms with Gasteiger partial charge in [-0.25, -0.2) is 10.2 Å². The van der Waals surface area contributed by atoms with Crippen molar-refractivity contribution in [1.82, 2.24) is 5.43 Å². The molecule has 0 radical (unpaired) electrons. The van der Waals surface area contributed by atoms with Gasteiger partial charge in [-0.3, -0.25) is 0 Å².